The third-order valence-electron chi connectivity index (χ3n) is 2.69. The number of ether oxygens (including phenoxy) is 1. The Hall–Kier alpha value is -1.18. The standard InChI is InChI=1S/C13H19NO/c1-13(2,3)10-5-4-6-11(12(10)14)15-9-7-8-9/h4-6,9H,7-8,14H2,1-3H3. The second-order valence-electron chi connectivity index (χ2n) is 5.28. The van der Waals surface area contributed by atoms with Crippen molar-refractivity contribution in [1.82, 2.24) is 0 Å². The molecule has 2 heteroatoms. The molecule has 0 aromatic heterocycles. The van der Waals surface area contributed by atoms with E-state index >= 15 is 0 Å². The zero-order valence-corrected chi connectivity index (χ0v) is 9.71. The average Bonchev–Trinajstić information content (AvgIpc) is 2.90. The third kappa shape index (κ3) is 2.25. The van der Waals surface area contributed by atoms with Crippen molar-refractivity contribution in [2.45, 2.75) is 45.1 Å². The van der Waals surface area contributed by atoms with Crippen LogP contribution in [0.15, 0.2) is 18.2 Å². The molecule has 1 aliphatic carbocycles. The zero-order chi connectivity index (χ0) is 11.1. The van der Waals surface area contributed by atoms with Crippen LogP contribution >= 0.6 is 0 Å². The van der Waals surface area contributed by atoms with E-state index in [0.717, 1.165) is 11.4 Å². The van der Waals surface area contributed by atoms with Crippen molar-refractivity contribution < 1.29 is 4.74 Å². The Morgan fingerprint density at radius 1 is 1.27 bits per heavy atom. The van der Waals surface area contributed by atoms with Crippen LogP contribution in [0.25, 0.3) is 0 Å². The minimum absolute atomic E-state index is 0.0764. The van der Waals surface area contributed by atoms with Crippen molar-refractivity contribution in [2.75, 3.05) is 5.73 Å². The monoisotopic (exact) mass is 205 g/mol. The molecule has 0 heterocycles. The molecule has 0 spiro atoms. The molecule has 15 heavy (non-hydrogen) atoms. The Morgan fingerprint density at radius 2 is 1.93 bits per heavy atom. The van der Waals surface area contributed by atoms with Gasteiger partial charge in [-0.3, -0.25) is 0 Å². The Labute approximate surface area is 91.4 Å². The topological polar surface area (TPSA) is 35.2 Å². The van der Waals surface area contributed by atoms with Gasteiger partial charge in [0.1, 0.15) is 5.75 Å². The summed E-state index contributed by atoms with van der Waals surface area (Å²) in [7, 11) is 0. The lowest BCUT2D eigenvalue weighted by molar-refractivity contribution is 0.304. The molecule has 0 bridgehead atoms. The minimum Gasteiger partial charge on any atom is -0.488 e. The number of benzene rings is 1. The average molecular weight is 205 g/mol. The predicted molar refractivity (Wildman–Crippen MR) is 63.2 cm³/mol. The molecule has 82 valence electrons. The lowest BCUT2D eigenvalue weighted by Gasteiger charge is -2.22. The summed E-state index contributed by atoms with van der Waals surface area (Å²) < 4.78 is 5.77. The van der Waals surface area contributed by atoms with Gasteiger partial charge in [-0.1, -0.05) is 32.9 Å². The predicted octanol–water partition coefficient (Wildman–Crippen LogP) is 3.11. The van der Waals surface area contributed by atoms with Crippen molar-refractivity contribution in [1.29, 1.82) is 0 Å². The van der Waals surface area contributed by atoms with Crippen molar-refractivity contribution >= 4 is 5.69 Å². The summed E-state index contributed by atoms with van der Waals surface area (Å²) >= 11 is 0. The summed E-state index contributed by atoms with van der Waals surface area (Å²) in [4.78, 5) is 0. The number of nitrogen functional groups attached to an aromatic ring is 1. The molecular formula is C13H19NO. The SMILES string of the molecule is CC(C)(C)c1cccc(OC2CC2)c1N. The molecule has 0 aliphatic heterocycles. The molecule has 0 unspecified atom stereocenters. The smallest absolute Gasteiger partial charge is 0.142 e. The molecule has 1 fully saturated rings. The largest absolute Gasteiger partial charge is 0.488 e. The number of rotatable bonds is 2. The normalized spacial score (nSPS) is 16.5. The van der Waals surface area contributed by atoms with E-state index in [1.54, 1.807) is 0 Å². The minimum atomic E-state index is 0.0764. The van der Waals surface area contributed by atoms with Gasteiger partial charge in [0, 0.05) is 0 Å². The first-order valence-electron chi connectivity index (χ1n) is 5.54. The van der Waals surface area contributed by atoms with E-state index in [4.69, 9.17) is 10.5 Å². The first-order chi connectivity index (χ1) is 6.98. The molecule has 2 nitrogen and oxygen atoms in total. The van der Waals surface area contributed by atoms with Gasteiger partial charge in [-0.25, -0.2) is 0 Å². The number of nitrogens with two attached hydrogens (primary N) is 1. The van der Waals surface area contributed by atoms with Crippen molar-refractivity contribution in [3.63, 3.8) is 0 Å². The second-order valence-corrected chi connectivity index (χ2v) is 5.28. The summed E-state index contributed by atoms with van der Waals surface area (Å²) in [5.74, 6) is 0.852. The molecule has 1 aliphatic rings. The van der Waals surface area contributed by atoms with E-state index in [1.165, 1.54) is 18.4 Å². The molecule has 2 N–H and O–H groups in total. The van der Waals surface area contributed by atoms with E-state index in [0.29, 0.717) is 6.10 Å². The summed E-state index contributed by atoms with van der Waals surface area (Å²) in [6, 6.07) is 6.06. The van der Waals surface area contributed by atoms with E-state index in [9.17, 15) is 0 Å². The number of hydrogen-bond acceptors (Lipinski definition) is 2. The van der Waals surface area contributed by atoms with Crippen LogP contribution < -0.4 is 10.5 Å². The first-order valence-corrected chi connectivity index (χ1v) is 5.54. The summed E-state index contributed by atoms with van der Waals surface area (Å²) in [6.07, 6.45) is 2.74. The maximum absolute atomic E-state index is 6.12. The summed E-state index contributed by atoms with van der Waals surface area (Å²) in [5, 5.41) is 0. The maximum atomic E-state index is 6.12. The highest BCUT2D eigenvalue weighted by Crippen LogP contribution is 2.36. The Morgan fingerprint density at radius 3 is 2.47 bits per heavy atom. The fourth-order valence-corrected chi connectivity index (χ4v) is 1.67. The third-order valence-corrected chi connectivity index (χ3v) is 2.69. The second kappa shape index (κ2) is 3.44. The fourth-order valence-electron chi connectivity index (χ4n) is 1.67. The van der Waals surface area contributed by atoms with Crippen LogP contribution in [0.2, 0.25) is 0 Å². The molecule has 0 atom stereocenters. The van der Waals surface area contributed by atoms with Gasteiger partial charge in [-0.05, 0) is 29.9 Å². The van der Waals surface area contributed by atoms with Crippen molar-refractivity contribution in [3.8, 4) is 5.75 Å². The molecule has 0 amide bonds. The lowest BCUT2D eigenvalue weighted by Crippen LogP contribution is -2.14. The van der Waals surface area contributed by atoms with Crippen molar-refractivity contribution in [2.24, 2.45) is 0 Å². The van der Waals surface area contributed by atoms with E-state index in [1.807, 2.05) is 12.1 Å². The number of para-hydroxylation sites is 1. The van der Waals surface area contributed by atoms with Gasteiger partial charge >= 0.3 is 0 Å². The van der Waals surface area contributed by atoms with Gasteiger partial charge in [-0.15, -0.1) is 0 Å². The molecule has 0 saturated heterocycles. The van der Waals surface area contributed by atoms with E-state index in [-0.39, 0.29) is 5.41 Å². The highest BCUT2D eigenvalue weighted by Gasteiger charge is 2.26. The van der Waals surface area contributed by atoms with Gasteiger partial charge in [0.25, 0.3) is 0 Å². The highest BCUT2D eigenvalue weighted by atomic mass is 16.5. The highest BCUT2D eigenvalue weighted by molar-refractivity contribution is 5.60. The van der Waals surface area contributed by atoms with E-state index in [2.05, 4.69) is 26.8 Å². The number of anilines is 1. The molecule has 1 aromatic rings. The quantitative estimate of drug-likeness (QED) is 0.753. The van der Waals surface area contributed by atoms with Crippen LogP contribution in [0.3, 0.4) is 0 Å². The van der Waals surface area contributed by atoms with Gasteiger partial charge in [0.05, 0.1) is 11.8 Å². The Kier molecular flexibility index (Phi) is 2.37. The Balaban J connectivity index is 2.31. The van der Waals surface area contributed by atoms with Gasteiger partial charge in [0.2, 0.25) is 0 Å². The summed E-state index contributed by atoms with van der Waals surface area (Å²) in [5.41, 5.74) is 8.17. The fraction of sp³-hybridized carbons (Fsp3) is 0.538. The van der Waals surface area contributed by atoms with Crippen LogP contribution in [0, 0.1) is 0 Å². The van der Waals surface area contributed by atoms with Crippen LogP contribution in [0.5, 0.6) is 5.75 Å². The van der Waals surface area contributed by atoms with Crippen LogP contribution in [0.1, 0.15) is 39.2 Å². The first kappa shape index (κ1) is 10.3. The summed E-state index contributed by atoms with van der Waals surface area (Å²) in [6.45, 7) is 6.50. The lowest BCUT2D eigenvalue weighted by atomic mass is 9.86. The van der Waals surface area contributed by atoms with Crippen LogP contribution in [0.4, 0.5) is 5.69 Å². The van der Waals surface area contributed by atoms with Gasteiger partial charge < -0.3 is 10.5 Å². The molecular weight excluding hydrogens is 186 g/mol. The molecule has 2 rings (SSSR count). The maximum Gasteiger partial charge on any atom is 0.142 e. The number of hydrogen-bond donors (Lipinski definition) is 1. The molecule has 1 aromatic carbocycles. The van der Waals surface area contributed by atoms with Crippen molar-refractivity contribution in [3.05, 3.63) is 23.8 Å². The Bertz CT molecular complexity index is 361. The molecule has 0 radical (unpaired) electrons. The zero-order valence-electron chi connectivity index (χ0n) is 9.71. The van der Waals surface area contributed by atoms with E-state index < -0.39 is 0 Å². The van der Waals surface area contributed by atoms with Crippen LogP contribution in [-0.4, -0.2) is 6.10 Å². The molecule has 1 saturated carbocycles. The van der Waals surface area contributed by atoms with Gasteiger partial charge in [-0.2, -0.15) is 0 Å². The van der Waals surface area contributed by atoms with Gasteiger partial charge in [0.15, 0.2) is 0 Å². The van der Waals surface area contributed by atoms with Crippen LogP contribution in [-0.2, 0) is 5.41 Å².